The summed E-state index contributed by atoms with van der Waals surface area (Å²) in [6.45, 7) is 0. The molecular formula is C28H24FN3O5. The van der Waals surface area contributed by atoms with Crippen LogP contribution in [0.2, 0.25) is 0 Å². The number of methoxy groups -OCH3 is 2. The number of rotatable bonds is 7. The van der Waals surface area contributed by atoms with Crippen LogP contribution < -0.4 is 20.1 Å². The average molecular weight is 502 g/mol. The summed E-state index contributed by atoms with van der Waals surface area (Å²) in [5, 5.41) is 16.9. The zero-order chi connectivity index (χ0) is 26.2. The molecule has 1 fully saturated rings. The molecule has 1 aromatic heterocycles. The number of amides is 2. The number of nitrogens with zero attached hydrogens (tertiary/aromatic N) is 1. The summed E-state index contributed by atoms with van der Waals surface area (Å²) in [5.74, 6) is -0.267. The van der Waals surface area contributed by atoms with Crippen LogP contribution in [-0.4, -0.2) is 36.1 Å². The number of benzene rings is 3. The summed E-state index contributed by atoms with van der Waals surface area (Å²) in [5.41, 5.74) is 1.41. The zero-order valence-electron chi connectivity index (χ0n) is 20.2. The third kappa shape index (κ3) is 4.51. The Morgan fingerprint density at radius 3 is 2.14 bits per heavy atom. The zero-order valence-corrected chi connectivity index (χ0v) is 20.2. The average Bonchev–Trinajstić information content (AvgIpc) is 3.72. The molecule has 0 aliphatic heterocycles. The molecule has 0 atom stereocenters. The highest BCUT2D eigenvalue weighted by molar-refractivity contribution is 6.17. The van der Waals surface area contributed by atoms with Crippen LogP contribution in [0.25, 0.3) is 22.0 Å². The quantitative estimate of drug-likeness (QED) is 0.240. The molecule has 1 aliphatic rings. The number of aromatic hydroxyl groups is 1. The van der Waals surface area contributed by atoms with Gasteiger partial charge in [-0.25, -0.2) is 4.39 Å². The molecule has 1 saturated carbocycles. The summed E-state index contributed by atoms with van der Waals surface area (Å²) >= 11 is 0. The number of phenols is 1. The number of hydrogen-bond acceptors (Lipinski definition) is 6. The van der Waals surface area contributed by atoms with E-state index in [1.807, 2.05) is 0 Å². The maximum Gasteiger partial charge on any atom is 0.240 e. The lowest BCUT2D eigenvalue weighted by Gasteiger charge is -2.17. The van der Waals surface area contributed by atoms with E-state index in [2.05, 4.69) is 15.6 Å². The molecule has 5 rings (SSSR count). The van der Waals surface area contributed by atoms with Crippen molar-refractivity contribution in [2.75, 3.05) is 24.9 Å². The third-order valence-electron chi connectivity index (χ3n) is 6.51. The van der Waals surface area contributed by atoms with E-state index in [1.54, 1.807) is 36.5 Å². The Morgan fingerprint density at radius 2 is 1.49 bits per heavy atom. The molecule has 188 valence electrons. The summed E-state index contributed by atoms with van der Waals surface area (Å²) in [6, 6.07) is 15.3. The third-order valence-corrected chi connectivity index (χ3v) is 6.51. The van der Waals surface area contributed by atoms with Gasteiger partial charge in [-0.1, -0.05) is 0 Å². The summed E-state index contributed by atoms with van der Waals surface area (Å²) in [7, 11) is 3.07. The first-order chi connectivity index (χ1) is 17.8. The van der Waals surface area contributed by atoms with Gasteiger partial charge in [0.1, 0.15) is 17.0 Å². The fourth-order valence-electron chi connectivity index (χ4n) is 4.25. The number of halogens is 1. The number of nitrogens with one attached hydrogen (secondary N) is 2. The monoisotopic (exact) mass is 501 g/mol. The van der Waals surface area contributed by atoms with Crippen LogP contribution in [-0.2, 0) is 9.59 Å². The first-order valence-electron chi connectivity index (χ1n) is 11.6. The van der Waals surface area contributed by atoms with Crippen molar-refractivity contribution < 1.29 is 28.6 Å². The molecule has 37 heavy (non-hydrogen) atoms. The first kappa shape index (κ1) is 24.1. The lowest BCUT2D eigenvalue weighted by molar-refractivity contribution is -0.131. The Labute approximate surface area is 212 Å². The molecule has 8 nitrogen and oxygen atoms in total. The summed E-state index contributed by atoms with van der Waals surface area (Å²) in [4.78, 5) is 30.4. The number of carbonyl (C=O) groups is 2. The topological polar surface area (TPSA) is 110 Å². The number of carbonyl (C=O) groups excluding carboxylic acids is 2. The van der Waals surface area contributed by atoms with Crippen molar-refractivity contribution >= 4 is 34.1 Å². The van der Waals surface area contributed by atoms with Gasteiger partial charge >= 0.3 is 0 Å². The lowest BCUT2D eigenvalue weighted by atomic mass is 9.99. The van der Waals surface area contributed by atoms with Gasteiger partial charge in [0.25, 0.3) is 0 Å². The van der Waals surface area contributed by atoms with Gasteiger partial charge in [0.05, 0.1) is 19.7 Å². The number of ether oxygens (including phenoxy) is 2. The van der Waals surface area contributed by atoms with E-state index < -0.39 is 23.0 Å². The minimum Gasteiger partial charge on any atom is -0.507 e. The largest absolute Gasteiger partial charge is 0.507 e. The molecule has 0 spiro atoms. The van der Waals surface area contributed by atoms with Crippen LogP contribution in [0.1, 0.15) is 12.8 Å². The standard InChI is InChI=1S/C28H24FN3O5/c1-36-24-14-20-19(9-12-30-22(20)15-25(24)37-2)21-13-18(7-8-23(21)33)32-27(35)28(10-11-28)26(34)31-17-5-3-16(29)4-6-17/h3-9,12-15,33H,10-11H2,1-2H3,(H,31,34)(H,32,35). The van der Waals surface area contributed by atoms with Crippen LogP contribution in [0, 0.1) is 11.2 Å². The Morgan fingerprint density at radius 1 is 0.865 bits per heavy atom. The van der Waals surface area contributed by atoms with Gasteiger partial charge in [-0.3, -0.25) is 14.6 Å². The fourth-order valence-corrected chi connectivity index (χ4v) is 4.25. The Balaban J connectivity index is 1.42. The van der Waals surface area contributed by atoms with E-state index in [0.717, 1.165) is 5.39 Å². The van der Waals surface area contributed by atoms with Gasteiger partial charge in [-0.05, 0) is 73.0 Å². The van der Waals surface area contributed by atoms with E-state index in [4.69, 9.17) is 9.47 Å². The molecule has 0 bridgehead atoms. The van der Waals surface area contributed by atoms with E-state index >= 15 is 0 Å². The lowest BCUT2D eigenvalue weighted by Crippen LogP contribution is -2.35. The SMILES string of the molecule is COc1cc2nccc(-c3cc(NC(=O)C4(C(=O)Nc5ccc(F)cc5)CC4)ccc3O)c2cc1OC. The molecule has 3 aromatic carbocycles. The molecule has 0 saturated heterocycles. The first-order valence-corrected chi connectivity index (χ1v) is 11.6. The minimum atomic E-state index is -1.21. The van der Waals surface area contributed by atoms with Gasteiger partial charge in [-0.15, -0.1) is 0 Å². The Hall–Kier alpha value is -4.66. The van der Waals surface area contributed by atoms with Crippen LogP contribution in [0.15, 0.2) is 66.9 Å². The van der Waals surface area contributed by atoms with Gasteiger partial charge in [0, 0.05) is 34.6 Å². The number of phenolic OH excluding ortho intramolecular Hbond substituents is 1. The smallest absolute Gasteiger partial charge is 0.240 e. The minimum absolute atomic E-state index is 0.00970. The summed E-state index contributed by atoms with van der Waals surface area (Å²) in [6.07, 6.45) is 2.41. The predicted molar refractivity (Wildman–Crippen MR) is 137 cm³/mol. The van der Waals surface area contributed by atoms with Crippen molar-refractivity contribution in [2.45, 2.75) is 12.8 Å². The highest BCUT2D eigenvalue weighted by Gasteiger charge is 2.56. The number of anilines is 2. The molecule has 2 amide bonds. The second kappa shape index (κ2) is 9.42. The van der Waals surface area contributed by atoms with Crippen molar-refractivity contribution in [3.05, 3.63) is 72.7 Å². The predicted octanol–water partition coefficient (Wildman–Crippen LogP) is 5.12. The van der Waals surface area contributed by atoms with Crippen LogP contribution in [0.5, 0.6) is 17.2 Å². The van der Waals surface area contributed by atoms with Crippen LogP contribution in [0.4, 0.5) is 15.8 Å². The van der Waals surface area contributed by atoms with Crippen molar-refractivity contribution in [1.29, 1.82) is 0 Å². The van der Waals surface area contributed by atoms with E-state index in [-0.39, 0.29) is 5.75 Å². The Bertz CT molecular complexity index is 1520. The van der Waals surface area contributed by atoms with E-state index in [0.29, 0.717) is 52.4 Å². The maximum atomic E-state index is 13.2. The number of aromatic nitrogens is 1. The van der Waals surface area contributed by atoms with Crippen LogP contribution >= 0.6 is 0 Å². The fraction of sp³-hybridized carbons (Fsp3) is 0.179. The second-order valence-electron chi connectivity index (χ2n) is 8.81. The van der Waals surface area contributed by atoms with Crippen LogP contribution in [0.3, 0.4) is 0 Å². The van der Waals surface area contributed by atoms with Crippen molar-refractivity contribution in [3.63, 3.8) is 0 Å². The van der Waals surface area contributed by atoms with Gasteiger partial charge in [0.2, 0.25) is 11.8 Å². The van der Waals surface area contributed by atoms with Gasteiger partial charge in [-0.2, -0.15) is 0 Å². The van der Waals surface area contributed by atoms with Gasteiger partial charge < -0.3 is 25.2 Å². The molecular weight excluding hydrogens is 477 g/mol. The number of pyridine rings is 1. The van der Waals surface area contributed by atoms with E-state index in [1.165, 1.54) is 44.6 Å². The highest BCUT2D eigenvalue weighted by atomic mass is 19.1. The van der Waals surface area contributed by atoms with Gasteiger partial charge in [0.15, 0.2) is 11.5 Å². The normalized spacial score (nSPS) is 13.6. The number of fused-ring (bicyclic) bond motifs is 1. The van der Waals surface area contributed by atoms with Crippen molar-refractivity contribution in [3.8, 4) is 28.4 Å². The number of hydrogen-bond donors (Lipinski definition) is 3. The molecule has 1 heterocycles. The highest BCUT2D eigenvalue weighted by Crippen LogP contribution is 2.48. The molecule has 0 unspecified atom stereocenters. The van der Waals surface area contributed by atoms with E-state index in [9.17, 15) is 19.1 Å². The Kier molecular flexibility index (Phi) is 6.12. The molecule has 4 aromatic rings. The molecule has 0 radical (unpaired) electrons. The summed E-state index contributed by atoms with van der Waals surface area (Å²) < 4.78 is 24.0. The maximum absolute atomic E-state index is 13.2. The molecule has 1 aliphatic carbocycles. The molecule has 9 heteroatoms. The van der Waals surface area contributed by atoms with Crippen molar-refractivity contribution in [1.82, 2.24) is 4.98 Å². The van der Waals surface area contributed by atoms with Crippen molar-refractivity contribution in [2.24, 2.45) is 5.41 Å². The molecule has 3 N–H and O–H groups in total. The second-order valence-corrected chi connectivity index (χ2v) is 8.81.